The Balaban J connectivity index is 2.55. The van der Waals surface area contributed by atoms with Gasteiger partial charge >= 0.3 is 0 Å². The SMILES string of the molecule is CCOc1cncc(C(O)CCC(C)OC)c1. The number of pyridine rings is 1. The minimum Gasteiger partial charge on any atom is -0.492 e. The van der Waals surface area contributed by atoms with Gasteiger partial charge in [-0.2, -0.15) is 0 Å². The quantitative estimate of drug-likeness (QED) is 0.793. The van der Waals surface area contributed by atoms with E-state index in [2.05, 4.69) is 4.98 Å². The average Bonchev–Trinajstić information content (AvgIpc) is 2.36. The Labute approximate surface area is 103 Å². The first-order valence-corrected chi connectivity index (χ1v) is 5.96. The zero-order valence-corrected chi connectivity index (χ0v) is 10.7. The molecule has 2 unspecified atom stereocenters. The van der Waals surface area contributed by atoms with Gasteiger partial charge in [0, 0.05) is 18.9 Å². The van der Waals surface area contributed by atoms with Gasteiger partial charge in [-0.25, -0.2) is 0 Å². The van der Waals surface area contributed by atoms with Gasteiger partial charge in [-0.1, -0.05) is 0 Å². The maximum Gasteiger partial charge on any atom is 0.137 e. The smallest absolute Gasteiger partial charge is 0.137 e. The molecular weight excluding hydrogens is 218 g/mol. The predicted octanol–water partition coefficient (Wildman–Crippen LogP) is 2.33. The predicted molar refractivity (Wildman–Crippen MR) is 66.1 cm³/mol. The maximum absolute atomic E-state index is 10.0. The van der Waals surface area contributed by atoms with Crippen molar-refractivity contribution >= 4 is 0 Å². The van der Waals surface area contributed by atoms with E-state index in [0.29, 0.717) is 18.8 Å². The zero-order valence-electron chi connectivity index (χ0n) is 10.7. The van der Waals surface area contributed by atoms with Crippen molar-refractivity contribution in [3.05, 3.63) is 24.0 Å². The van der Waals surface area contributed by atoms with Crippen molar-refractivity contribution in [2.45, 2.75) is 38.9 Å². The Morgan fingerprint density at radius 3 is 2.76 bits per heavy atom. The Kier molecular flexibility index (Phi) is 5.94. The lowest BCUT2D eigenvalue weighted by Crippen LogP contribution is -2.08. The number of methoxy groups -OCH3 is 1. The third-order valence-electron chi connectivity index (χ3n) is 2.68. The number of rotatable bonds is 7. The molecule has 1 N–H and O–H groups in total. The normalized spacial score (nSPS) is 14.4. The van der Waals surface area contributed by atoms with Crippen LogP contribution < -0.4 is 4.74 Å². The molecule has 17 heavy (non-hydrogen) atoms. The third kappa shape index (κ3) is 4.71. The minimum atomic E-state index is -0.513. The largest absolute Gasteiger partial charge is 0.492 e. The first-order chi connectivity index (χ1) is 8.17. The highest BCUT2D eigenvalue weighted by Crippen LogP contribution is 2.22. The van der Waals surface area contributed by atoms with E-state index in [0.717, 1.165) is 12.0 Å². The van der Waals surface area contributed by atoms with E-state index in [1.807, 2.05) is 19.9 Å². The number of ether oxygens (including phenoxy) is 2. The van der Waals surface area contributed by atoms with Crippen molar-refractivity contribution in [3.63, 3.8) is 0 Å². The van der Waals surface area contributed by atoms with Crippen LogP contribution in [-0.4, -0.2) is 29.9 Å². The molecule has 0 saturated carbocycles. The molecule has 0 spiro atoms. The molecule has 4 nitrogen and oxygen atoms in total. The van der Waals surface area contributed by atoms with E-state index in [-0.39, 0.29) is 6.10 Å². The molecule has 2 atom stereocenters. The monoisotopic (exact) mass is 239 g/mol. The first-order valence-electron chi connectivity index (χ1n) is 5.96. The van der Waals surface area contributed by atoms with E-state index in [9.17, 15) is 5.11 Å². The summed E-state index contributed by atoms with van der Waals surface area (Å²) in [5.41, 5.74) is 0.791. The van der Waals surface area contributed by atoms with Crippen LogP contribution in [0.25, 0.3) is 0 Å². The summed E-state index contributed by atoms with van der Waals surface area (Å²) in [5, 5.41) is 10.0. The van der Waals surface area contributed by atoms with Crippen LogP contribution in [0.5, 0.6) is 5.75 Å². The molecule has 1 rings (SSSR count). The van der Waals surface area contributed by atoms with Crippen LogP contribution >= 0.6 is 0 Å². The fourth-order valence-corrected chi connectivity index (χ4v) is 1.54. The second kappa shape index (κ2) is 7.25. The number of nitrogens with zero attached hydrogens (tertiary/aromatic N) is 1. The fourth-order valence-electron chi connectivity index (χ4n) is 1.54. The Morgan fingerprint density at radius 2 is 2.12 bits per heavy atom. The molecule has 0 aliphatic carbocycles. The highest BCUT2D eigenvalue weighted by atomic mass is 16.5. The van der Waals surface area contributed by atoms with Crippen molar-refractivity contribution in [1.29, 1.82) is 0 Å². The molecule has 1 heterocycles. The summed E-state index contributed by atoms with van der Waals surface area (Å²) in [4.78, 5) is 4.06. The summed E-state index contributed by atoms with van der Waals surface area (Å²) in [5.74, 6) is 0.698. The molecule has 1 aromatic rings. The fraction of sp³-hybridized carbons (Fsp3) is 0.615. The molecule has 0 radical (unpaired) electrons. The van der Waals surface area contributed by atoms with Crippen molar-refractivity contribution in [2.24, 2.45) is 0 Å². The second-order valence-corrected chi connectivity index (χ2v) is 4.03. The van der Waals surface area contributed by atoms with Crippen LogP contribution in [0.15, 0.2) is 18.5 Å². The summed E-state index contributed by atoms with van der Waals surface area (Å²) in [7, 11) is 1.67. The molecule has 4 heteroatoms. The van der Waals surface area contributed by atoms with E-state index >= 15 is 0 Å². The van der Waals surface area contributed by atoms with Crippen LogP contribution in [-0.2, 0) is 4.74 Å². The topological polar surface area (TPSA) is 51.6 Å². The molecule has 0 aliphatic heterocycles. The molecule has 0 saturated heterocycles. The summed E-state index contributed by atoms with van der Waals surface area (Å²) in [6, 6.07) is 1.83. The number of aliphatic hydroxyl groups is 1. The zero-order chi connectivity index (χ0) is 12.7. The number of aliphatic hydroxyl groups excluding tert-OH is 1. The molecule has 1 aromatic heterocycles. The second-order valence-electron chi connectivity index (χ2n) is 4.03. The third-order valence-corrected chi connectivity index (χ3v) is 2.68. The van der Waals surface area contributed by atoms with Gasteiger partial charge in [0.15, 0.2) is 0 Å². The van der Waals surface area contributed by atoms with Crippen LogP contribution in [0.4, 0.5) is 0 Å². The molecule has 0 aliphatic rings. The average molecular weight is 239 g/mol. The highest BCUT2D eigenvalue weighted by molar-refractivity contribution is 5.25. The molecule has 0 fully saturated rings. The summed E-state index contributed by atoms with van der Waals surface area (Å²) < 4.78 is 10.5. The molecule has 0 amide bonds. The number of hydrogen-bond donors (Lipinski definition) is 1. The van der Waals surface area contributed by atoms with Crippen LogP contribution in [0.2, 0.25) is 0 Å². The van der Waals surface area contributed by atoms with Gasteiger partial charge < -0.3 is 14.6 Å². The molecule has 0 bridgehead atoms. The first kappa shape index (κ1) is 13.9. The lowest BCUT2D eigenvalue weighted by atomic mass is 10.0. The summed E-state index contributed by atoms with van der Waals surface area (Å²) in [6.07, 6.45) is 4.44. The van der Waals surface area contributed by atoms with Crippen LogP contribution in [0.1, 0.15) is 38.4 Å². The Bertz CT molecular complexity index is 330. The summed E-state index contributed by atoms with van der Waals surface area (Å²) >= 11 is 0. The lowest BCUT2D eigenvalue weighted by Gasteiger charge is -2.14. The van der Waals surface area contributed by atoms with Crippen molar-refractivity contribution in [3.8, 4) is 5.75 Å². The standard InChI is InChI=1S/C13H21NO3/c1-4-17-12-7-11(8-14-9-12)13(15)6-5-10(2)16-3/h7-10,13,15H,4-6H2,1-3H3. The molecule has 96 valence electrons. The Hall–Kier alpha value is -1.13. The van der Waals surface area contributed by atoms with Gasteiger partial charge in [-0.15, -0.1) is 0 Å². The van der Waals surface area contributed by atoms with Crippen LogP contribution in [0, 0.1) is 0 Å². The van der Waals surface area contributed by atoms with E-state index in [4.69, 9.17) is 9.47 Å². The van der Waals surface area contributed by atoms with Gasteiger partial charge in [-0.3, -0.25) is 4.98 Å². The molecule has 0 aromatic carbocycles. The lowest BCUT2D eigenvalue weighted by molar-refractivity contribution is 0.0849. The van der Waals surface area contributed by atoms with E-state index in [1.165, 1.54) is 0 Å². The number of hydrogen-bond acceptors (Lipinski definition) is 4. The maximum atomic E-state index is 10.0. The van der Waals surface area contributed by atoms with Crippen LogP contribution in [0.3, 0.4) is 0 Å². The highest BCUT2D eigenvalue weighted by Gasteiger charge is 2.11. The van der Waals surface area contributed by atoms with Gasteiger partial charge in [-0.05, 0) is 32.8 Å². The minimum absolute atomic E-state index is 0.160. The Morgan fingerprint density at radius 1 is 1.35 bits per heavy atom. The molecular formula is C13H21NO3. The van der Waals surface area contributed by atoms with Gasteiger partial charge in [0.25, 0.3) is 0 Å². The van der Waals surface area contributed by atoms with E-state index in [1.54, 1.807) is 19.5 Å². The van der Waals surface area contributed by atoms with E-state index < -0.39 is 6.10 Å². The van der Waals surface area contributed by atoms with Gasteiger partial charge in [0.2, 0.25) is 0 Å². The van der Waals surface area contributed by atoms with Crippen molar-refractivity contribution in [2.75, 3.05) is 13.7 Å². The van der Waals surface area contributed by atoms with Crippen molar-refractivity contribution in [1.82, 2.24) is 4.98 Å². The van der Waals surface area contributed by atoms with Crippen molar-refractivity contribution < 1.29 is 14.6 Å². The van der Waals surface area contributed by atoms with Gasteiger partial charge in [0.1, 0.15) is 5.75 Å². The summed E-state index contributed by atoms with van der Waals surface area (Å²) in [6.45, 7) is 4.51. The number of aromatic nitrogens is 1. The van der Waals surface area contributed by atoms with Gasteiger partial charge in [0.05, 0.1) is 25.0 Å².